The number of hydrogen-bond acceptors (Lipinski definition) is 0. The van der Waals surface area contributed by atoms with Crippen molar-refractivity contribution in [2.75, 3.05) is 0 Å². The highest BCUT2D eigenvalue weighted by Crippen LogP contribution is 2.49. The molecule has 1 heteroatoms. The lowest BCUT2D eigenvalue weighted by atomic mass is 9.81. The molecule has 10 rings (SSSR count). The minimum absolute atomic E-state index is 0.0157. The maximum Gasteiger partial charge on any atom is 0.0547 e. The lowest BCUT2D eigenvalue weighted by molar-refractivity contribution is 0.660. The molecule has 0 bridgehead atoms. The molecule has 0 amide bonds. The summed E-state index contributed by atoms with van der Waals surface area (Å²) in [6.45, 7) is 4.70. The number of rotatable bonds is 5. The fourth-order valence-corrected chi connectivity index (χ4v) is 8.50. The maximum absolute atomic E-state index is 2.45. The molecule has 8 aromatic carbocycles. The molecule has 0 unspecified atom stereocenters. The van der Waals surface area contributed by atoms with Crippen LogP contribution in [0.2, 0.25) is 0 Å². The number of nitrogens with zero attached hydrogens (tertiary/aromatic N) is 1. The van der Waals surface area contributed by atoms with Crippen LogP contribution in [0.15, 0.2) is 188 Å². The summed E-state index contributed by atoms with van der Waals surface area (Å²) in [5.41, 5.74) is 18.8. The van der Waals surface area contributed by atoms with Crippen LogP contribution in [-0.2, 0) is 5.41 Å². The summed E-state index contributed by atoms with van der Waals surface area (Å²) in [6.07, 6.45) is 0. The average molecular weight is 664 g/mol. The summed E-state index contributed by atoms with van der Waals surface area (Å²) in [7, 11) is 0. The fourth-order valence-electron chi connectivity index (χ4n) is 8.50. The zero-order valence-electron chi connectivity index (χ0n) is 29.3. The molecule has 0 N–H and O–H groups in total. The number of benzene rings is 8. The summed E-state index contributed by atoms with van der Waals surface area (Å²) in [6, 6.07) is 69.1. The van der Waals surface area contributed by atoms with Crippen LogP contribution in [0.3, 0.4) is 0 Å². The topological polar surface area (TPSA) is 4.93 Å². The lowest BCUT2D eigenvalue weighted by Crippen LogP contribution is -2.14. The first-order valence-electron chi connectivity index (χ1n) is 18.2. The van der Waals surface area contributed by atoms with Gasteiger partial charge in [-0.25, -0.2) is 0 Å². The molecule has 0 aliphatic heterocycles. The van der Waals surface area contributed by atoms with E-state index >= 15 is 0 Å². The van der Waals surface area contributed by atoms with Crippen LogP contribution in [0.4, 0.5) is 0 Å². The predicted octanol–water partition coefficient (Wildman–Crippen LogP) is 13.8. The van der Waals surface area contributed by atoms with Crippen LogP contribution in [0.25, 0.3) is 83.1 Å². The second kappa shape index (κ2) is 11.8. The molecule has 1 aromatic heterocycles. The van der Waals surface area contributed by atoms with Gasteiger partial charge in [-0.1, -0.05) is 166 Å². The van der Waals surface area contributed by atoms with Crippen molar-refractivity contribution in [1.82, 2.24) is 4.57 Å². The highest BCUT2D eigenvalue weighted by molar-refractivity contribution is 6.10. The first-order valence-corrected chi connectivity index (χ1v) is 18.2. The van der Waals surface area contributed by atoms with E-state index in [1.54, 1.807) is 0 Å². The molecular weight excluding hydrogens is 627 g/mol. The largest absolute Gasteiger partial charge is 0.309 e. The minimum Gasteiger partial charge on any atom is -0.309 e. The quantitative estimate of drug-likeness (QED) is 0.173. The van der Waals surface area contributed by atoms with E-state index in [9.17, 15) is 0 Å². The molecule has 1 aliphatic carbocycles. The van der Waals surface area contributed by atoms with Crippen LogP contribution in [0.1, 0.15) is 25.0 Å². The summed E-state index contributed by atoms with van der Waals surface area (Å²) < 4.78 is 2.45. The first-order chi connectivity index (χ1) is 25.5. The lowest BCUT2D eigenvalue weighted by Gasteiger charge is -2.22. The zero-order valence-corrected chi connectivity index (χ0v) is 29.3. The van der Waals surface area contributed by atoms with Gasteiger partial charge in [0, 0.05) is 21.9 Å². The average Bonchev–Trinajstić information content (AvgIpc) is 3.66. The van der Waals surface area contributed by atoms with Gasteiger partial charge in [0.2, 0.25) is 0 Å². The Morgan fingerprint density at radius 1 is 0.327 bits per heavy atom. The molecule has 0 saturated heterocycles. The van der Waals surface area contributed by atoms with Gasteiger partial charge in [0.1, 0.15) is 0 Å². The van der Waals surface area contributed by atoms with Gasteiger partial charge < -0.3 is 4.57 Å². The molecule has 1 heterocycles. The van der Waals surface area contributed by atoms with Gasteiger partial charge in [0.05, 0.1) is 11.0 Å². The first kappa shape index (κ1) is 30.4. The minimum atomic E-state index is -0.0157. The van der Waals surface area contributed by atoms with Crippen molar-refractivity contribution in [1.29, 1.82) is 0 Å². The van der Waals surface area contributed by atoms with Gasteiger partial charge in [-0.15, -0.1) is 0 Å². The third kappa shape index (κ3) is 4.85. The molecule has 9 aromatic rings. The Labute approximate surface area is 305 Å². The highest BCUT2D eigenvalue weighted by atomic mass is 15.0. The van der Waals surface area contributed by atoms with Gasteiger partial charge in [0.15, 0.2) is 0 Å². The Bertz CT molecular complexity index is 2730. The maximum atomic E-state index is 2.45. The normalized spacial score (nSPS) is 13.0. The fraction of sp³-hybridized carbons (Fsp3) is 0.0588. The monoisotopic (exact) mass is 663 g/mol. The Balaban J connectivity index is 1.09. The van der Waals surface area contributed by atoms with E-state index in [1.807, 2.05) is 0 Å². The molecule has 1 aliphatic rings. The van der Waals surface area contributed by atoms with Crippen molar-refractivity contribution in [3.8, 4) is 61.3 Å². The number of hydrogen-bond donors (Lipinski definition) is 0. The van der Waals surface area contributed by atoms with Crippen molar-refractivity contribution in [2.45, 2.75) is 19.3 Å². The molecule has 0 spiro atoms. The van der Waals surface area contributed by atoms with Crippen LogP contribution in [0.5, 0.6) is 0 Å². The SMILES string of the molecule is CC1(C)c2ccccc2-c2ccc(-c3ccc(-c4ccc5c6ccccc6n(-c6cc(-c7ccccc7)cc(-c7ccccc7)c6)c5c4)cc3)cc21. The molecule has 0 radical (unpaired) electrons. The van der Waals surface area contributed by atoms with Gasteiger partial charge in [-0.3, -0.25) is 0 Å². The molecule has 0 atom stereocenters. The van der Waals surface area contributed by atoms with E-state index in [-0.39, 0.29) is 5.41 Å². The number of para-hydroxylation sites is 1. The number of aromatic nitrogens is 1. The number of fused-ring (bicyclic) bond motifs is 6. The summed E-state index contributed by atoms with van der Waals surface area (Å²) in [4.78, 5) is 0. The Morgan fingerprint density at radius 2 is 0.827 bits per heavy atom. The molecule has 0 fully saturated rings. The standard InChI is InChI=1S/C51H37N/c1-51(2)47-19-11-9-17-43(47)44-27-25-38(32-48(44)51)36-21-23-37(24-22-36)39-26-28-46-45-18-10-12-20-49(45)52(50(46)33-39)42-30-40(34-13-5-3-6-14-34)29-41(31-42)35-15-7-4-8-16-35/h3-33H,1-2H3. The second-order valence-corrected chi connectivity index (χ2v) is 14.6. The molecular formula is C51H37N. The van der Waals surface area contributed by atoms with Crippen molar-refractivity contribution >= 4 is 21.8 Å². The zero-order chi connectivity index (χ0) is 34.8. The summed E-state index contributed by atoms with van der Waals surface area (Å²) in [5, 5.41) is 2.51. The summed E-state index contributed by atoms with van der Waals surface area (Å²) >= 11 is 0. The predicted molar refractivity (Wildman–Crippen MR) is 220 cm³/mol. The molecule has 52 heavy (non-hydrogen) atoms. The van der Waals surface area contributed by atoms with Crippen LogP contribution < -0.4 is 0 Å². The summed E-state index contributed by atoms with van der Waals surface area (Å²) in [5.74, 6) is 0. The third-order valence-corrected chi connectivity index (χ3v) is 11.2. The third-order valence-electron chi connectivity index (χ3n) is 11.2. The molecule has 1 nitrogen and oxygen atoms in total. The van der Waals surface area contributed by atoms with Gasteiger partial charge in [-0.05, 0) is 103 Å². The van der Waals surface area contributed by atoms with E-state index in [4.69, 9.17) is 0 Å². The van der Waals surface area contributed by atoms with Crippen LogP contribution in [0, 0.1) is 0 Å². The van der Waals surface area contributed by atoms with E-state index in [2.05, 4.69) is 206 Å². The van der Waals surface area contributed by atoms with Crippen LogP contribution >= 0.6 is 0 Å². The second-order valence-electron chi connectivity index (χ2n) is 14.6. The Kier molecular flexibility index (Phi) is 6.91. The van der Waals surface area contributed by atoms with E-state index in [1.165, 1.54) is 88.6 Å². The van der Waals surface area contributed by atoms with E-state index < -0.39 is 0 Å². The van der Waals surface area contributed by atoms with E-state index in [0.29, 0.717) is 0 Å². The van der Waals surface area contributed by atoms with Gasteiger partial charge in [-0.2, -0.15) is 0 Å². The van der Waals surface area contributed by atoms with Crippen molar-refractivity contribution in [3.05, 3.63) is 199 Å². The van der Waals surface area contributed by atoms with Crippen molar-refractivity contribution in [3.63, 3.8) is 0 Å². The Hall–Kier alpha value is -6.44. The Morgan fingerprint density at radius 3 is 1.52 bits per heavy atom. The molecule has 0 saturated carbocycles. The van der Waals surface area contributed by atoms with Crippen molar-refractivity contribution < 1.29 is 0 Å². The molecule has 246 valence electrons. The van der Waals surface area contributed by atoms with Crippen LogP contribution in [-0.4, -0.2) is 4.57 Å². The van der Waals surface area contributed by atoms with Crippen molar-refractivity contribution in [2.24, 2.45) is 0 Å². The van der Waals surface area contributed by atoms with Gasteiger partial charge in [0.25, 0.3) is 0 Å². The van der Waals surface area contributed by atoms with Gasteiger partial charge >= 0.3 is 0 Å². The highest BCUT2D eigenvalue weighted by Gasteiger charge is 2.35. The van der Waals surface area contributed by atoms with E-state index in [0.717, 1.165) is 5.69 Å². The smallest absolute Gasteiger partial charge is 0.0547 e.